The van der Waals surface area contributed by atoms with E-state index in [2.05, 4.69) is 4.90 Å². The number of benzene rings is 1. The van der Waals surface area contributed by atoms with E-state index in [0.29, 0.717) is 31.0 Å². The average molecular weight is 341 g/mol. The highest BCUT2D eigenvalue weighted by atomic mass is 32.2. The van der Waals surface area contributed by atoms with Gasteiger partial charge in [-0.25, -0.2) is 8.42 Å². The molecule has 130 valence electrons. The smallest absolute Gasteiger partial charge is 0.179 e. The normalized spacial score (nSPS) is 26.3. The summed E-state index contributed by atoms with van der Waals surface area (Å²) in [5, 5.41) is 20.0. The lowest BCUT2D eigenvalue weighted by atomic mass is 9.74. The maximum Gasteiger partial charge on any atom is 0.179 e. The van der Waals surface area contributed by atoms with Crippen LogP contribution in [-0.2, 0) is 9.84 Å². The fourth-order valence-corrected chi connectivity index (χ4v) is 4.71. The first-order valence-corrected chi connectivity index (χ1v) is 9.88. The van der Waals surface area contributed by atoms with Crippen LogP contribution in [0.15, 0.2) is 35.2 Å². The molecule has 0 radical (unpaired) electrons. The molecule has 1 heterocycles. The Labute approximate surface area is 138 Å². The summed E-state index contributed by atoms with van der Waals surface area (Å²) in [6.07, 6.45) is 1.68. The van der Waals surface area contributed by atoms with Crippen LogP contribution >= 0.6 is 0 Å². The van der Waals surface area contributed by atoms with Crippen LogP contribution in [0.25, 0.3) is 0 Å². The molecule has 5 nitrogen and oxygen atoms in total. The molecular weight excluding hydrogens is 314 g/mol. The van der Waals surface area contributed by atoms with Crippen LogP contribution in [0.2, 0.25) is 0 Å². The summed E-state index contributed by atoms with van der Waals surface area (Å²) < 4.78 is 24.7. The third kappa shape index (κ3) is 4.32. The molecule has 0 bridgehead atoms. The maximum atomic E-state index is 12.4. The van der Waals surface area contributed by atoms with Gasteiger partial charge in [0.25, 0.3) is 0 Å². The molecule has 1 aliphatic heterocycles. The number of hydrogen-bond acceptors (Lipinski definition) is 5. The molecule has 2 rings (SSSR count). The third-order valence-electron chi connectivity index (χ3n) is 4.81. The van der Waals surface area contributed by atoms with Gasteiger partial charge in [-0.15, -0.1) is 0 Å². The Morgan fingerprint density at radius 3 is 2.61 bits per heavy atom. The topological polar surface area (TPSA) is 77.8 Å². The van der Waals surface area contributed by atoms with Gasteiger partial charge in [0, 0.05) is 25.0 Å². The number of aliphatic hydroxyl groups excluding tert-OH is 2. The predicted molar refractivity (Wildman–Crippen MR) is 90.0 cm³/mol. The maximum absolute atomic E-state index is 12.4. The van der Waals surface area contributed by atoms with E-state index < -0.39 is 21.4 Å². The molecule has 0 spiro atoms. The Morgan fingerprint density at radius 1 is 1.30 bits per heavy atom. The van der Waals surface area contributed by atoms with Gasteiger partial charge in [0.1, 0.15) is 0 Å². The molecule has 0 unspecified atom stereocenters. The quantitative estimate of drug-likeness (QED) is 0.782. The highest BCUT2D eigenvalue weighted by Gasteiger charge is 2.41. The van der Waals surface area contributed by atoms with Gasteiger partial charge in [-0.1, -0.05) is 31.5 Å². The Hall–Kier alpha value is -0.950. The number of aliphatic hydroxyl groups is 2. The number of hydrogen-bond donors (Lipinski definition) is 2. The molecule has 2 atom stereocenters. The summed E-state index contributed by atoms with van der Waals surface area (Å²) in [4.78, 5) is 2.40. The first kappa shape index (κ1) is 18.4. The van der Waals surface area contributed by atoms with Crippen LogP contribution in [0, 0.1) is 5.41 Å². The van der Waals surface area contributed by atoms with E-state index in [0.717, 1.165) is 12.8 Å². The Morgan fingerprint density at radius 2 is 2.00 bits per heavy atom. The first-order chi connectivity index (χ1) is 10.9. The van der Waals surface area contributed by atoms with Crippen LogP contribution in [0.1, 0.15) is 26.2 Å². The van der Waals surface area contributed by atoms with Crippen LogP contribution in [-0.4, -0.2) is 61.6 Å². The Balaban J connectivity index is 2.01. The largest absolute Gasteiger partial charge is 0.396 e. The number of sulfone groups is 1. The molecule has 1 aromatic carbocycles. The van der Waals surface area contributed by atoms with Crippen molar-refractivity contribution in [2.45, 2.75) is 37.2 Å². The van der Waals surface area contributed by atoms with Gasteiger partial charge in [0.15, 0.2) is 9.84 Å². The number of piperidine rings is 1. The second-order valence-electron chi connectivity index (χ2n) is 6.48. The van der Waals surface area contributed by atoms with Gasteiger partial charge in [-0.2, -0.15) is 0 Å². The molecule has 0 amide bonds. The van der Waals surface area contributed by atoms with E-state index in [1.807, 2.05) is 6.92 Å². The third-order valence-corrected chi connectivity index (χ3v) is 6.52. The van der Waals surface area contributed by atoms with Gasteiger partial charge in [-0.05, 0) is 25.0 Å². The molecule has 1 saturated heterocycles. The van der Waals surface area contributed by atoms with Crippen molar-refractivity contribution in [3.63, 3.8) is 0 Å². The summed E-state index contributed by atoms with van der Waals surface area (Å²) in [5.41, 5.74) is -0.524. The minimum Gasteiger partial charge on any atom is -0.396 e. The summed E-state index contributed by atoms with van der Waals surface area (Å²) in [6.45, 7) is 3.60. The molecule has 2 N–H and O–H groups in total. The van der Waals surface area contributed by atoms with E-state index in [-0.39, 0.29) is 12.4 Å². The van der Waals surface area contributed by atoms with Crippen LogP contribution < -0.4 is 0 Å². The number of likely N-dealkylation sites (tertiary alicyclic amines) is 1. The van der Waals surface area contributed by atoms with E-state index in [1.54, 1.807) is 30.3 Å². The molecule has 6 heteroatoms. The highest BCUT2D eigenvalue weighted by molar-refractivity contribution is 7.91. The lowest BCUT2D eigenvalue weighted by molar-refractivity contribution is -0.0786. The molecular formula is C17H27NO4S. The van der Waals surface area contributed by atoms with Gasteiger partial charge in [0.05, 0.1) is 23.4 Å². The van der Waals surface area contributed by atoms with Crippen molar-refractivity contribution < 1.29 is 18.6 Å². The minimum absolute atomic E-state index is 0.0563. The Bertz CT molecular complexity index is 590. The molecule has 0 aliphatic carbocycles. The standard InChI is InChI=1S/C17H27NO4S/c1-2-9-17(14-19)13-18(10-8-16(17)20)11-12-23(21,22)15-6-4-3-5-7-15/h3-7,16,19-20H,2,8-14H2,1H3/t16-,17+/m1/s1. The van der Waals surface area contributed by atoms with E-state index in [9.17, 15) is 18.6 Å². The predicted octanol–water partition coefficient (Wildman–Crippen LogP) is 1.31. The van der Waals surface area contributed by atoms with Crippen molar-refractivity contribution >= 4 is 9.84 Å². The first-order valence-electron chi connectivity index (χ1n) is 8.22. The van der Waals surface area contributed by atoms with Crippen molar-refractivity contribution in [2.24, 2.45) is 5.41 Å². The zero-order valence-electron chi connectivity index (χ0n) is 13.7. The lowest BCUT2D eigenvalue weighted by Crippen LogP contribution is -2.54. The van der Waals surface area contributed by atoms with Crippen molar-refractivity contribution in [3.05, 3.63) is 30.3 Å². The summed E-state index contributed by atoms with van der Waals surface area (Å²) in [5.74, 6) is 0.0563. The molecule has 0 aromatic heterocycles. The van der Waals surface area contributed by atoms with Crippen molar-refractivity contribution in [1.29, 1.82) is 0 Å². The molecule has 1 fully saturated rings. The average Bonchev–Trinajstić information content (AvgIpc) is 2.56. The van der Waals surface area contributed by atoms with Gasteiger partial charge < -0.3 is 15.1 Å². The zero-order chi connectivity index (χ0) is 16.9. The fourth-order valence-electron chi connectivity index (χ4n) is 3.40. The van der Waals surface area contributed by atoms with E-state index in [4.69, 9.17) is 0 Å². The van der Waals surface area contributed by atoms with Crippen LogP contribution in [0.4, 0.5) is 0 Å². The summed E-state index contributed by atoms with van der Waals surface area (Å²) >= 11 is 0. The number of nitrogens with zero attached hydrogens (tertiary/aromatic N) is 1. The fraction of sp³-hybridized carbons (Fsp3) is 0.647. The second kappa shape index (κ2) is 7.75. The number of rotatable bonds is 7. The monoisotopic (exact) mass is 341 g/mol. The van der Waals surface area contributed by atoms with Gasteiger partial charge in [0.2, 0.25) is 0 Å². The summed E-state index contributed by atoms with van der Waals surface area (Å²) in [6, 6.07) is 8.48. The summed E-state index contributed by atoms with van der Waals surface area (Å²) in [7, 11) is -3.30. The Kier molecular flexibility index (Phi) is 6.19. The van der Waals surface area contributed by atoms with Crippen molar-refractivity contribution in [2.75, 3.05) is 32.0 Å². The SMILES string of the molecule is CCC[C@@]1(CO)CN(CCS(=O)(=O)c2ccccc2)CC[C@H]1O. The molecule has 1 aliphatic rings. The lowest BCUT2D eigenvalue weighted by Gasteiger charge is -2.45. The minimum atomic E-state index is -3.30. The van der Waals surface area contributed by atoms with Gasteiger partial charge >= 0.3 is 0 Å². The van der Waals surface area contributed by atoms with Crippen molar-refractivity contribution in [3.8, 4) is 0 Å². The highest BCUT2D eigenvalue weighted by Crippen LogP contribution is 2.34. The van der Waals surface area contributed by atoms with E-state index in [1.165, 1.54) is 0 Å². The molecule has 1 aromatic rings. The van der Waals surface area contributed by atoms with Gasteiger partial charge in [-0.3, -0.25) is 0 Å². The second-order valence-corrected chi connectivity index (χ2v) is 8.59. The molecule has 0 saturated carbocycles. The molecule has 23 heavy (non-hydrogen) atoms. The zero-order valence-corrected chi connectivity index (χ0v) is 14.5. The van der Waals surface area contributed by atoms with Crippen molar-refractivity contribution in [1.82, 2.24) is 4.90 Å². The van der Waals surface area contributed by atoms with E-state index >= 15 is 0 Å². The van der Waals surface area contributed by atoms with Crippen LogP contribution in [0.5, 0.6) is 0 Å². The van der Waals surface area contributed by atoms with Crippen LogP contribution in [0.3, 0.4) is 0 Å².